The molecule has 0 saturated heterocycles. The number of hydrogen-bond donors (Lipinski definition) is 1. The third-order valence-electron chi connectivity index (χ3n) is 6.33. The molecule has 3 aromatic rings. The van der Waals surface area contributed by atoms with Crippen LogP contribution in [0.3, 0.4) is 0 Å². The molecular formula is C28H25N5O. The lowest BCUT2D eigenvalue weighted by molar-refractivity contribution is 0.398. The summed E-state index contributed by atoms with van der Waals surface area (Å²) in [5.41, 5.74) is 6.84. The van der Waals surface area contributed by atoms with Crippen molar-refractivity contribution < 1.29 is 4.74 Å². The number of methoxy groups -OCH3 is 1. The normalized spacial score (nSPS) is 14.3. The lowest BCUT2D eigenvalue weighted by atomic mass is 9.94. The molecule has 3 aliphatic rings. The van der Waals surface area contributed by atoms with Crippen LogP contribution in [-0.4, -0.2) is 27.7 Å². The highest BCUT2D eigenvalue weighted by atomic mass is 16.5. The minimum Gasteiger partial charge on any atom is -0.481 e. The van der Waals surface area contributed by atoms with Crippen molar-refractivity contribution in [3.8, 4) is 23.0 Å². The fourth-order valence-electron chi connectivity index (χ4n) is 4.35. The van der Waals surface area contributed by atoms with Gasteiger partial charge in [-0.25, -0.2) is 9.97 Å². The molecule has 0 bridgehead atoms. The number of nitrogens with zero attached hydrogens (tertiary/aromatic N) is 4. The Morgan fingerprint density at radius 3 is 2.53 bits per heavy atom. The van der Waals surface area contributed by atoms with E-state index >= 15 is 0 Å². The smallest absolute Gasteiger partial charge is 0.213 e. The molecule has 1 aliphatic heterocycles. The topological polar surface area (TPSA) is 64.3 Å². The van der Waals surface area contributed by atoms with Crippen LogP contribution < -0.4 is 15.4 Å². The average molecular weight is 448 g/mol. The van der Waals surface area contributed by atoms with Crippen molar-refractivity contribution in [2.24, 2.45) is 4.99 Å². The lowest BCUT2D eigenvalue weighted by Gasteiger charge is -2.23. The molecule has 6 heteroatoms. The van der Waals surface area contributed by atoms with Crippen LogP contribution in [-0.2, 0) is 0 Å². The average Bonchev–Trinajstić information content (AvgIpc) is 2.86. The van der Waals surface area contributed by atoms with Gasteiger partial charge in [-0.15, -0.1) is 0 Å². The van der Waals surface area contributed by atoms with Crippen LogP contribution in [0.4, 0.5) is 11.4 Å². The number of anilines is 2. The van der Waals surface area contributed by atoms with Crippen LogP contribution in [0.2, 0.25) is 0 Å². The van der Waals surface area contributed by atoms with Gasteiger partial charge in [0.1, 0.15) is 0 Å². The molecule has 1 N–H and O–H groups in total. The molecule has 2 aromatic carbocycles. The van der Waals surface area contributed by atoms with E-state index in [1.54, 1.807) is 13.3 Å². The summed E-state index contributed by atoms with van der Waals surface area (Å²) in [5.74, 6) is 0.584. The van der Waals surface area contributed by atoms with Crippen LogP contribution in [0, 0.1) is 0 Å². The maximum Gasteiger partial charge on any atom is 0.213 e. The quantitative estimate of drug-likeness (QED) is 0.350. The van der Waals surface area contributed by atoms with Crippen LogP contribution in [0.25, 0.3) is 28.1 Å². The summed E-state index contributed by atoms with van der Waals surface area (Å²) >= 11 is 0. The Hall–Kier alpha value is -4.19. The molecule has 0 spiro atoms. The van der Waals surface area contributed by atoms with Crippen molar-refractivity contribution >= 4 is 22.4 Å². The lowest BCUT2D eigenvalue weighted by Crippen LogP contribution is -2.22. The molecule has 34 heavy (non-hydrogen) atoms. The predicted octanol–water partition coefficient (Wildman–Crippen LogP) is 5.73. The van der Waals surface area contributed by atoms with Crippen molar-refractivity contribution in [1.82, 2.24) is 14.5 Å². The summed E-state index contributed by atoms with van der Waals surface area (Å²) in [7, 11) is 1.62. The Balaban J connectivity index is 1.59. The molecule has 0 unspecified atom stereocenters. The number of ether oxygens (including phenoxy) is 1. The predicted molar refractivity (Wildman–Crippen MR) is 135 cm³/mol. The number of pyridine rings is 1. The van der Waals surface area contributed by atoms with Gasteiger partial charge in [0.25, 0.3) is 0 Å². The third kappa shape index (κ3) is 3.77. The molecule has 0 amide bonds. The van der Waals surface area contributed by atoms with Gasteiger partial charge >= 0.3 is 0 Å². The molecule has 6 nitrogen and oxygen atoms in total. The second kappa shape index (κ2) is 8.63. The first-order valence-corrected chi connectivity index (χ1v) is 11.6. The van der Waals surface area contributed by atoms with Crippen molar-refractivity contribution in [1.29, 1.82) is 0 Å². The van der Waals surface area contributed by atoms with Crippen LogP contribution in [0.1, 0.15) is 19.3 Å². The molecule has 2 heterocycles. The zero-order valence-electron chi connectivity index (χ0n) is 19.0. The maximum atomic E-state index is 5.20. The molecule has 168 valence electrons. The Morgan fingerprint density at radius 2 is 1.79 bits per heavy atom. The van der Waals surface area contributed by atoms with Crippen molar-refractivity contribution in [2.45, 2.75) is 25.3 Å². The van der Waals surface area contributed by atoms with Gasteiger partial charge in [-0.2, -0.15) is 0 Å². The van der Waals surface area contributed by atoms with E-state index in [9.17, 15) is 0 Å². The van der Waals surface area contributed by atoms with Gasteiger partial charge < -0.3 is 14.6 Å². The van der Waals surface area contributed by atoms with E-state index in [0.29, 0.717) is 11.9 Å². The molecule has 1 fully saturated rings. The summed E-state index contributed by atoms with van der Waals surface area (Å²) in [5, 5.41) is 4.46. The van der Waals surface area contributed by atoms with Crippen LogP contribution in [0.5, 0.6) is 5.88 Å². The Labute approximate surface area is 198 Å². The fraction of sp³-hybridized carbons (Fsp3) is 0.179. The van der Waals surface area contributed by atoms with Crippen LogP contribution in [0.15, 0.2) is 90.1 Å². The highest BCUT2D eigenvalue weighted by molar-refractivity contribution is 5.84. The SMILES string of the molecule is COc1ccc(Nc2cc3nc4ccccc4n(-c4ccccc4)c-3c/c2=N\C2CCC2)cn1. The molecule has 1 saturated carbocycles. The zero-order chi connectivity index (χ0) is 22.9. The van der Waals surface area contributed by atoms with Gasteiger partial charge in [-0.3, -0.25) is 4.99 Å². The fourth-order valence-corrected chi connectivity index (χ4v) is 4.35. The minimum atomic E-state index is 0.366. The standard InChI is InChI=1S/C28H25N5O/c1-34-28-15-14-20(18-29-28)31-23-16-25-27(17-24(23)30-19-8-7-9-19)33(21-10-3-2-4-11-21)26-13-6-5-12-22(26)32-25/h2-6,10-19,31H,7-9H2,1H3/b30-24+. The molecule has 1 aromatic heterocycles. The van der Waals surface area contributed by atoms with E-state index in [-0.39, 0.29) is 0 Å². The van der Waals surface area contributed by atoms with Crippen LogP contribution >= 0.6 is 0 Å². The Bertz CT molecular complexity index is 1490. The Kier molecular flexibility index (Phi) is 5.18. The summed E-state index contributed by atoms with van der Waals surface area (Å²) in [6.45, 7) is 0. The third-order valence-corrected chi connectivity index (χ3v) is 6.33. The number of para-hydroxylation sites is 3. The van der Waals surface area contributed by atoms with E-state index in [1.807, 2.05) is 24.3 Å². The Morgan fingerprint density at radius 1 is 0.971 bits per heavy atom. The number of aromatic nitrogens is 3. The van der Waals surface area contributed by atoms with E-state index in [4.69, 9.17) is 14.7 Å². The number of nitrogens with one attached hydrogen (secondary N) is 1. The van der Waals surface area contributed by atoms with Crippen molar-refractivity contribution in [3.63, 3.8) is 0 Å². The van der Waals surface area contributed by atoms with Gasteiger partial charge in [0.2, 0.25) is 5.88 Å². The van der Waals surface area contributed by atoms with E-state index in [0.717, 1.165) is 57.7 Å². The van der Waals surface area contributed by atoms with Crippen molar-refractivity contribution in [2.75, 3.05) is 12.4 Å². The number of hydrogen-bond acceptors (Lipinski definition) is 5. The summed E-state index contributed by atoms with van der Waals surface area (Å²) in [6, 6.07) is 27.1. The minimum absolute atomic E-state index is 0.366. The summed E-state index contributed by atoms with van der Waals surface area (Å²) in [4.78, 5) is 14.5. The van der Waals surface area contributed by atoms with Gasteiger partial charge in [0.05, 0.1) is 58.5 Å². The number of fused-ring (bicyclic) bond motifs is 2. The molecule has 6 rings (SSSR count). The zero-order valence-corrected chi connectivity index (χ0v) is 19.0. The second-order valence-corrected chi connectivity index (χ2v) is 8.56. The number of benzene rings is 3. The van der Waals surface area contributed by atoms with E-state index in [2.05, 4.69) is 69.5 Å². The monoisotopic (exact) mass is 447 g/mol. The van der Waals surface area contributed by atoms with Gasteiger partial charge in [-0.1, -0.05) is 30.3 Å². The first kappa shape index (κ1) is 20.4. The summed E-state index contributed by atoms with van der Waals surface area (Å²) in [6.07, 6.45) is 5.28. The van der Waals surface area contributed by atoms with Crippen molar-refractivity contribution in [3.05, 3.63) is 90.4 Å². The largest absolute Gasteiger partial charge is 0.481 e. The first-order valence-electron chi connectivity index (χ1n) is 11.6. The van der Waals surface area contributed by atoms with E-state index < -0.39 is 0 Å². The number of rotatable bonds is 5. The molecular weight excluding hydrogens is 422 g/mol. The molecule has 2 aliphatic carbocycles. The summed E-state index contributed by atoms with van der Waals surface area (Å²) < 4.78 is 7.48. The molecule has 0 radical (unpaired) electrons. The second-order valence-electron chi connectivity index (χ2n) is 8.56. The highest BCUT2D eigenvalue weighted by Crippen LogP contribution is 2.31. The van der Waals surface area contributed by atoms with Gasteiger partial charge in [0.15, 0.2) is 0 Å². The first-order chi connectivity index (χ1) is 16.8. The van der Waals surface area contributed by atoms with Gasteiger partial charge in [-0.05, 0) is 61.7 Å². The molecule has 0 atom stereocenters. The highest BCUT2D eigenvalue weighted by Gasteiger charge is 2.19. The maximum absolute atomic E-state index is 5.20. The van der Waals surface area contributed by atoms with E-state index in [1.165, 1.54) is 6.42 Å². The van der Waals surface area contributed by atoms with Gasteiger partial charge in [0, 0.05) is 11.8 Å².